The average molecular weight is 1590 g/mol. The summed E-state index contributed by atoms with van der Waals surface area (Å²) in [6.45, 7) is 11.2. The molecule has 6 aliphatic heterocycles. The van der Waals surface area contributed by atoms with Gasteiger partial charge in [0.15, 0.2) is 34.5 Å². The van der Waals surface area contributed by atoms with E-state index in [0.29, 0.717) is 77.6 Å². The maximum atomic E-state index is 12.7. The first-order valence-electron chi connectivity index (χ1n) is 33.9. The minimum absolute atomic E-state index is 0.0211. The molecule has 31 heteroatoms. The van der Waals surface area contributed by atoms with Crippen LogP contribution >= 0.6 is 31.9 Å². The lowest BCUT2D eigenvalue weighted by atomic mass is 9.85. The SMILES string of the molecule is Cn1ncc(Br)c1-c1ccc2c(c1C#N)OCCC2.Cn1nccc1-c1ccc2c(c1C#N)OCCC2.Cn1nccc1-c1ccc2c(c1O)OCCC2.Cn1nccc1-c1ccc2c(c1OS(=O)(=O)C(F)(F)F)OCCC2.Cn1nccc1B1OC(C)(C)C(C)(C)O1.Oc1c(Br)ccc2c1OCCC2. The molecule has 5 aromatic carbocycles. The zero-order valence-electron chi connectivity index (χ0n) is 59.3. The molecule has 11 heterocycles. The van der Waals surface area contributed by atoms with Crippen LogP contribution in [0.15, 0.2) is 125 Å². The lowest BCUT2D eigenvalue weighted by Crippen LogP contribution is -2.41. The standard InChI is InChI=1S/C14H12BrN3O.C14H13F3N2O4S.C14H13N3O.C13H14N2O2.C10H17BN2O2.C9H9BrO2/c1-18-13(12(15)8-17-18)10-5-4-9-3-2-6-19-14(9)11(10)7-16;1-19-11(6-7-18-19)10-5-4-9-3-2-8-22-12(9)13(10)23-24(20,21)14(15,16)17;1-17-13(6-7-16-17)11-5-4-10-3-2-8-18-14(10)12(11)9-15;1-15-11(6-7-14-15)10-5-4-9-3-2-8-17-13(9)12(10)16;1-9(2)10(3,4)15-11(14-9)8-6-7-12-13(8)5;10-7-4-3-6-2-1-5-12-9(6)8(7)11/h4-5,8H,2-3,6H2,1H3;4-7H,2-3,8H2,1H3;4-7H,2-3,8H2,1H3;4-7,16H,2-3,8H2,1H3;6-7H,1-5H3;3-4,11H,1-2,5H2. The van der Waals surface area contributed by atoms with Crippen molar-refractivity contribution in [3.63, 3.8) is 0 Å². The van der Waals surface area contributed by atoms with Gasteiger partial charge in [0, 0.05) is 82.3 Å². The normalized spacial score (nSPS) is 15.5. The Morgan fingerprint density at radius 1 is 0.486 bits per heavy atom. The van der Waals surface area contributed by atoms with Crippen LogP contribution in [0.2, 0.25) is 0 Å². The van der Waals surface area contributed by atoms with E-state index in [0.717, 1.165) is 129 Å². The Kier molecular flexibility index (Phi) is 23.5. The third-order valence-electron chi connectivity index (χ3n) is 18.7. The largest absolute Gasteiger partial charge is 0.534 e. The summed E-state index contributed by atoms with van der Waals surface area (Å²) in [6.07, 6.45) is 17.6. The van der Waals surface area contributed by atoms with E-state index in [1.54, 1.807) is 56.6 Å². The summed E-state index contributed by atoms with van der Waals surface area (Å²) < 4.78 is 115. The number of hydrogen-bond donors (Lipinski definition) is 2. The van der Waals surface area contributed by atoms with Crippen molar-refractivity contribution in [2.75, 3.05) is 33.0 Å². The van der Waals surface area contributed by atoms with Crippen LogP contribution in [0.5, 0.6) is 46.0 Å². The fraction of sp³-hybridized carbons (Fsp3) is 0.365. The van der Waals surface area contributed by atoms with E-state index >= 15 is 0 Å². The van der Waals surface area contributed by atoms with Crippen LogP contribution in [0.1, 0.15) is 98.7 Å². The molecule has 10 aromatic rings. The molecule has 1 fully saturated rings. The molecule has 24 nitrogen and oxygen atoms in total. The number of halogens is 5. The van der Waals surface area contributed by atoms with Gasteiger partial charge in [-0.1, -0.05) is 42.5 Å². The number of ether oxygens (including phenoxy) is 5. The summed E-state index contributed by atoms with van der Waals surface area (Å²) in [6, 6.07) is 30.8. The van der Waals surface area contributed by atoms with E-state index in [2.05, 4.69) is 79.7 Å². The second-order valence-electron chi connectivity index (χ2n) is 26.1. The average Bonchev–Trinajstić information content (AvgIpc) is 1.74. The number of aryl methyl sites for hydroxylation is 10. The van der Waals surface area contributed by atoms with Gasteiger partial charge >= 0.3 is 22.7 Å². The molecule has 6 aliphatic rings. The van der Waals surface area contributed by atoms with Crippen LogP contribution in [0, 0.1) is 22.7 Å². The molecule has 1 saturated heterocycles. The third kappa shape index (κ3) is 16.5. The van der Waals surface area contributed by atoms with Crippen LogP contribution in [-0.2, 0) is 86.8 Å². The number of hydrogen-bond acceptors (Lipinski definition) is 19. The highest BCUT2D eigenvalue weighted by molar-refractivity contribution is 9.11. The van der Waals surface area contributed by atoms with Crippen molar-refractivity contribution < 1.29 is 69.0 Å². The van der Waals surface area contributed by atoms with Crippen molar-refractivity contribution >= 4 is 54.7 Å². The summed E-state index contributed by atoms with van der Waals surface area (Å²) >= 11 is 6.72. The molecule has 0 spiro atoms. The van der Waals surface area contributed by atoms with Gasteiger partial charge in [-0.25, -0.2) is 0 Å². The Bertz CT molecular complexity index is 4980. The Balaban J connectivity index is 0.000000127. The monoisotopic (exact) mass is 1580 g/mol. The van der Waals surface area contributed by atoms with Crippen LogP contribution in [0.3, 0.4) is 0 Å². The third-order valence-corrected chi connectivity index (χ3v) is 20.9. The van der Waals surface area contributed by atoms with Gasteiger partial charge in [-0.3, -0.25) is 23.4 Å². The highest BCUT2D eigenvalue weighted by atomic mass is 79.9. The van der Waals surface area contributed by atoms with Crippen LogP contribution in [0.4, 0.5) is 13.2 Å². The number of aromatic hydroxyl groups is 2. The van der Waals surface area contributed by atoms with E-state index < -0.39 is 21.4 Å². The summed E-state index contributed by atoms with van der Waals surface area (Å²) in [4.78, 5) is 0. The Hall–Kier alpha value is -9.79. The number of fused-ring (bicyclic) bond motifs is 5. The Morgan fingerprint density at radius 3 is 1.30 bits per heavy atom. The summed E-state index contributed by atoms with van der Waals surface area (Å²) in [5.41, 5.74) is 6.87. The van der Waals surface area contributed by atoms with Gasteiger partial charge in [-0.15, -0.1) is 0 Å². The fourth-order valence-corrected chi connectivity index (χ4v) is 13.9. The molecular weight excluding hydrogens is 1510 g/mol. The number of phenols is 2. The molecule has 0 amide bonds. The number of phenolic OH excluding ortho intramolecular Hbond substituents is 2. The fourth-order valence-electron chi connectivity index (χ4n) is 12.5. The molecule has 5 aromatic heterocycles. The number of nitrogens with zero attached hydrogens (tertiary/aromatic N) is 12. The van der Waals surface area contributed by atoms with Crippen molar-refractivity contribution in [1.29, 1.82) is 10.5 Å². The van der Waals surface area contributed by atoms with Crippen LogP contribution in [0.25, 0.3) is 45.0 Å². The van der Waals surface area contributed by atoms with Crippen molar-refractivity contribution in [2.24, 2.45) is 35.2 Å². The zero-order chi connectivity index (χ0) is 75.1. The Morgan fingerprint density at radius 2 is 0.867 bits per heavy atom. The highest BCUT2D eigenvalue weighted by Gasteiger charge is 2.53. The quantitative estimate of drug-likeness (QED) is 0.0851. The maximum Gasteiger partial charge on any atom is 0.534 e. The van der Waals surface area contributed by atoms with Gasteiger partial charge in [0.05, 0.1) is 87.7 Å². The zero-order valence-corrected chi connectivity index (χ0v) is 63.3. The molecular formula is C74H78BBr2F3N12O12S. The topological polar surface area (TPSA) is 285 Å². The van der Waals surface area contributed by atoms with Crippen LogP contribution < -0.4 is 33.5 Å². The molecule has 0 radical (unpaired) electrons. The predicted octanol–water partition coefficient (Wildman–Crippen LogP) is 13.3. The number of nitriles is 2. The van der Waals surface area contributed by atoms with E-state index in [-0.39, 0.29) is 47.7 Å². The molecule has 105 heavy (non-hydrogen) atoms. The van der Waals surface area contributed by atoms with Gasteiger partial charge < -0.3 is 47.4 Å². The molecule has 0 unspecified atom stereocenters. The first kappa shape index (κ1) is 76.3. The second kappa shape index (κ2) is 32.3. The lowest BCUT2D eigenvalue weighted by molar-refractivity contribution is -0.0500. The van der Waals surface area contributed by atoms with Gasteiger partial charge in [0.2, 0.25) is 0 Å². The van der Waals surface area contributed by atoms with Crippen LogP contribution in [-0.4, -0.2) is 124 Å². The van der Waals surface area contributed by atoms with E-state index in [4.69, 9.17) is 33.0 Å². The van der Waals surface area contributed by atoms with Gasteiger partial charge in [-0.2, -0.15) is 57.6 Å². The van der Waals surface area contributed by atoms with E-state index in [9.17, 15) is 42.3 Å². The number of rotatable bonds is 7. The van der Waals surface area contributed by atoms with Gasteiger partial charge in [0.25, 0.3) is 0 Å². The molecule has 0 saturated carbocycles. The number of aromatic nitrogens is 10. The predicted molar refractivity (Wildman–Crippen MR) is 393 cm³/mol. The van der Waals surface area contributed by atoms with Crippen molar-refractivity contribution in [2.45, 2.75) is 109 Å². The summed E-state index contributed by atoms with van der Waals surface area (Å²) in [5.74, 6) is 2.78. The number of benzene rings is 5. The van der Waals surface area contributed by atoms with E-state index in [1.165, 1.54) is 23.0 Å². The Labute approximate surface area is 623 Å². The van der Waals surface area contributed by atoms with Crippen molar-refractivity contribution in [1.82, 2.24) is 48.9 Å². The second-order valence-corrected chi connectivity index (χ2v) is 29.4. The molecule has 0 aliphatic carbocycles. The molecule has 2 N–H and O–H groups in total. The minimum Gasteiger partial charge on any atom is -0.504 e. The minimum atomic E-state index is -5.82. The molecule has 0 bridgehead atoms. The van der Waals surface area contributed by atoms with E-state index in [1.807, 2.05) is 117 Å². The number of alkyl halides is 3. The van der Waals surface area contributed by atoms with Gasteiger partial charge in [0.1, 0.15) is 34.8 Å². The summed E-state index contributed by atoms with van der Waals surface area (Å²) in [5, 5.41) is 59.2. The first-order valence-corrected chi connectivity index (χ1v) is 36.9. The maximum absolute atomic E-state index is 12.7. The molecule has 0 atom stereocenters. The first-order chi connectivity index (χ1) is 50.1. The van der Waals surface area contributed by atoms with Crippen molar-refractivity contribution in [3.8, 4) is 103 Å². The summed E-state index contributed by atoms with van der Waals surface area (Å²) in [7, 11) is 2.92. The van der Waals surface area contributed by atoms with Crippen molar-refractivity contribution in [3.05, 3.63) is 164 Å². The molecule has 550 valence electrons. The highest BCUT2D eigenvalue weighted by Crippen LogP contribution is 2.47. The molecule has 16 rings (SSSR count). The lowest BCUT2D eigenvalue weighted by Gasteiger charge is -2.32. The smallest absolute Gasteiger partial charge is 0.504 e. The van der Waals surface area contributed by atoms with Gasteiger partial charge in [-0.05, 0) is 194 Å².